The summed E-state index contributed by atoms with van der Waals surface area (Å²) in [7, 11) is 1.63. The summed E-state index contributed by atoms with van der Waals surface area (Å²) in [5, 5.41) is 20.3. The number of benzene rings is 1. The lowest BCUT2D eigenvalue weighted by Crippen LogP contribution is -2.27. The average molecular weight is 499 g/mol. The Morgan fingerprint density at radius 2 is 1.78 bits per heavy atom. The van der Waals surface area contributed by atoms with Crippen LogP contribution >= 0.6 is 0 Å². The van der Waals surface area contributed by atoms with Crippen molar-refractivity contribution in [2.45, 2.75) is 89.6 Å². The van der Waals surface area contributed by atoms with Gasteiger partial charge in [0.1, 0.15) is 23.8 Å². The highest BCUT2D eigenvalue weighted by atomic mass is 16.5. The van der Waals surface area contributed by atoms with Crippen molar-refractivity contribution in [3.8, 4) is 16.9 Å². The maximum Gasteiger partial charge on any atom is 0.353 e. The minimum Gasteiger partial charge on any atom is -0.497 e. The van der Waals surface area contributed by atoms with Crippen molar-refractivity contribution in [2.24, 2.45) is 0 Å². The predicted molar refractivity (Wildman–Crippen MR) is 138 cm³/mol. The highest BCUT2D eigenvalue weighted by Crippen LogP contribution is 2.36. The third kappa shape index (κ3) is 5.99. The Kier molecular flexibility index (Phi) is 9.18. The molecule has 2 aromatic heterocycles. The summed E-state index contributed by atoms with van der Waals surface area (Å²) >= 11 is 0. The van der Waals surface area contributed by atoms with E-state index in [1.165, 1.54) is 43.1 Å². The van der Waals surface area contributed by atoms with E-state index in [0.29, 0.717) is 5.71 Å². The van der Waals surface area contributed by atoms with Crippen LogP contribution in [0.5, 0.6) is 5.75 Å². The molecule has 8 nitrogen and oxygen atoms in total. The molecule has 1 aromatic carbocycles. The smallest absolute Gasteiger partial charge is 0.353 e. The van der Waals surface area contributed by atoms with Gasteiger partial charge in [0.05, 0.1) is 25.2 Å². The molecular formula is C28H38N2O6. The van der Waals surface area contributed by atoms with Crippen LogP contribution < -0.4 is 10.4 Å². The van der Waals surface area contributed by atoms with Crippen molar-refractivity contribution in [1.29, 1.82) is 0 Å². The summed E-state index contributed by atoms with van der Waals surface area (Å²) in [6, 6.07) is 7.76. The molecule has 196 valence electrons. The number of ether oxygens (including phenoxy) is 2. The van der Waals surface area contributed by atoms with Gasteiger partial charge in [0.2, 0.25) is 5.71 Å². The molecule has 2 N–H and O–H groups in total. The van der Waals surface area contributed by atoms with Crippen molar-refractivity contribution >= 4 is 11.1 Å². The topological polar surface area (TPSA) is 107 Å². The summed E-state index contributed by atoms with van der Waals surface area (Å²) in [4.78, 5) is 17.0. The highest BCUT2D eigenvalue weighted by molar-refractivity contribution is 5.93. The normalized spacial score (nSPS) is 19.8. The molecule has 1 fully saturated rings. The number of rotatable bonds is 13. The van der Waals surface area contributed by atoms with Gasteiger partial charge in [-0.1, -0.05) is 64.0 Å². The lowest BCUT2D eigenvalue weighted by molar-refractivity contribution is -0.0457. The fourth-order valence-corrected chi connectivity index (χ4v) is 4.95. The first-order chi connectivity index (χ1) is 17.5. The van der Waals surface area contributed by atoms with E-state index in [4.69, 9.17) is 13.9 Å². The number of unbranched alkanes of at least 4 members (excludes halogenated alkanes) is 7. The molecule has 0 amide bonds. The Labute approximate surface area is 211 Å². The van der Waals surface area contributed by atoms with Crippen LogP contribution in [-0.4, -0.2) is 45.7 Å². The number of hydrogen-bond acceptors (Lipinski definition) is 7. The van der Waals surface area contributed by atoms with E-state index in [1.807, 2.05) is 24.3 Å². The fraction of sp³-hybridized carbons (Fsp3) is 0.571. The van der Waals surface area contributed by atoms with Crippen LogP contribution in [-0.2, 0) is 11.2 Å². The Morgan fingerprint density at radius 3 is 2.42 bits per heavy atom. The molecule has 0 saturated carbocycles. The fourth-order valence-electron chi connectivity index (χ4n) is 4.95. The van der Waals surface area contributed by atoms with Gasteiger partial charge in [0.25, 0.3) is 0 Å². The van der Waals surface area contributed by atoms with Gasteiger partial charge in [-0.3, -0.25) is 4.57 Å². The van der Waals surface area contributed by atoms with Gasteiger partial charge >= 0.3 is 5.69 Å². The Morgan fingerprint density at radius 1 is 1.08 bits per heavy atom. The van der Waals surface area contributed by atoms with Gasteiger partial charge in [-0.05, 0) is 24.1 Å². The quantitative estimate of drug-likeness (QED) is 0.320. The molecule has 0 spiro atoms. The van der Waals surface area contributed by atoms with Gasteiger partial charge in [0, 0.05) is 24.6 Å². The molecule has 8 heteroatoms. The van der Waals surface area contributed by atoms with Crippen molar-refractivity contribution in [3.05, 3.63) is 46.7 Å². The van der Waals surface area contributed by atoms with Gasteiger partial charge in [-0.25, -0.2) is 4.79 Å². The molecule has 1 aliphatic heterocycles. The van der Waals surface area contributed by atoms with E-state index in [9.17, 15) is 15.0 Å². The van der Waals surface area contributed by atoms with Crippen LogP contribution in [0.4, 0.5) is 0 Å². The summed E-state index contributed by atoms with van der Waals surface area (Å²) < 4.78 is 18.6. The molecule has 0 radical (unpaired) electrons. The number of aromatic nitrogens is 2. The first-order valence-corrected chi connectivity index (χ1v) is 13.2. The Balaban J connectivity index is 1.60. The second-order valence-corrected chi connectivity index (χ2v) is 9.62. The number of aliphatic hydroxyl groups is 2. The number of fused-ring (bicyclic) bond motifs is 1. The molecule has 0 bridgehead atoms. The van der Waals surface area contributed by atoms with Gasteiger partial charge in [-0.15, -0.1) is 0 Å². The second-order valence-electron chi connectivity index (χ2n) is 9.62. The summed E-state index contributed by atoms with van der Waals surface area (Å²) in [6.07, 6.45) is 10.2. The largest absolute Gasteiger partial charge is 0.497 e. The zero-order chi connectivity index (χ0) is 25.5. The number of methoxy groups -OCH3 is 1. The number of nitrogens with zero attached hydrogens (tertiary/aromatic N) is 2. The number of aliphatic hydroxyl groups excluding tert-OH is 2. The van der Waals surface area contributed by atoms with E-state index >= 15 is 0 Å². The van der Waals surface area contributed by atoms with Crippen molar-refractivity contribution in [1.82, 2.24) is 9.55 Å². The van der Waals surface area contributed by atoms with Crippen LogP contribution in [0.1, 0.15) is 76.7 Å². The van der Waals surface area contributed by atoms with E-state index in [-0.39, 0.29) is 13.0 Å². The third-order valence-electron chi connectivity index (χ3n) is 7.02. The molecule has 0 unspecified atom stereocenters. The van der Waals surface area contributed by atoms with Crippen molar-refractivity contribution < 1.29 is 24.1 Å². The maximum absolute atomic E-state index is 12.8. The van der Waals surface area contributed by atoms with E-state index in [0.717, 1.165) is 47.3 Å². The highest BCUT2D eigenvalue weighted by Gasteiger charge is 2.35. The van der Waals surface area contributed by atoms with Crippen molar-refractivity contribution in [2.75, 3.05) is 13.7 Å². The van der Waals surface area contributed by atoms with Crippen LogP contribution in [0.25, 0.3) is 22.2 Å². The van der Waals surface area contributed by atoms with Gasteiger partial charge in [0.15, 0.2) is 0 Å². The van der Waals surface area contributed by atoms with Crippen LogP contribution in [0.3, 0.4) is 0 Å². The van der Waals surface area contributed by atoms with Gasteiger partial charge < -0.3 is 24.1 Å². The average Bonchev–Trinajstić information content (AvgIpc) is 3.44. The van der Waals surface area contributed by atoms with Crippen LogP contribution in [0.15, 0.2) is 39.7 Å². The first-order valence-electron chi connectivity index (χ1n) is 13.2. The minimum absolute atomic E-state index is 0.207. The molecule has 1 aliphatic rings. The second kappa shape index (κ2) is 12.5. The SMILES string of the molecule is CCCCCCCCCCc1oc2nc(=O)n([C@H]3C[C@H](O)[C@@H](CO)O3)cc2c1-c1ccc(OC)cc1. The lowest BCUT2D eigenvalue weighted by atomic mass is 10.00. The Bertz CT molecular complexity index is 1170. The van der Waals surface area contributed by atoms with Gasteiger partial charge in [-0.2, -0.15) is 4.98 Å². The van der Waals surface area contributed by atoms with Crippen LogP contribution in [0.2, 0.25) is 0 Å². The van der Waals surface area contributed by atoms with E-state index < -0.39 is 24.1 Å². The summed E-state index contributed by atoms with van der Waals surface area (Å²) in [5.41, 5.74) is 1.66. The zero-order valence-electron chi connectivity index (χ0n) is 21.3. The van der Waals surface area contributed by atoms with Crippen molar-refractivity contribution in [3.63, 3.8) is 0 Å². The molecule has 3 aromatic rings. The number of aryl methyl sites for hydroxylation is 1. The minimum atomic E-state index is -0.842. The molecule has 3 heterocycles. The zero-order valence-corrected chi connectivity index (χ0v) is 21.3. The van der Waals surface area contributed by atoms with E-state index in [2.05, 4.69) is 11.9 Å². The lowest BCUT2D eigenvalue weighted by Gasteiger charge is -2.14. The molecule has 3 atom stereocenters. The molecule has 1 saturated heterocycles. The summed E-state index contributed by atoms with van der Waals surface area (Å²) in [6.45, 7) is 1.92. The Hall–Kier alpha value is -2.68. The van der Waals surface area contributed by atoms with Crippen LogP contribution in [0, 0.1) is 0 Å². The molecule has 4 rings (SSSR count). The molecule has 36 heavy (non-hydrogen) atoms. The predicted octanol–water partition coefficient (Wildman–Crippen LogP) is 4.99. The maximum atomic E-state index is 12.8. The third-order valence-corrected chi connectivity index (χ3v) is 7.02. The first kappa shape index (κ1) is 26.4. The summed E-state index contributed by atoms with van der Waals surface area (Å²) in [5.74, 6) is 1.57. The molecule has 0 aliphatic carbocycles. The standard InChI is InChI=1S/C28H38N2O6/c1-3-4-5-6-7-8-9-10-11-23-26(19-12-14-20(34-2)15-13-19)21-17-30(28(33)29-27(21)36-23)25-16-22(32)24(18-31)35-25/h12-15,17,22,24-25,31-32H,3-11,16,18H2,1-2H3/t22-,24+,25+/m0/s1. The number of hydrogen-bond donors (Lipinski definition) is 2. The number of furan rings is 1. The molecular weight excluding hydrogens is 460 g/mol. The van der Waals surface area contributed by atoms with E-state index in [1.54, 1.807) is 13.3 Å². The monoisotopic (exact) mass is 498 g/mol.